The molecule has 142 valence electrons. The fourth-order valence-electron chi connectivity index (χ4n) is 1.39. The number of ether oxygens (including phenoxy) is 5. The van der Waals surface area contributed by atoms with Gasteiger partial charge in [0.25, 0.3) is 0 Å². The normalized spacial score (nSPS) is 10.7. The van der Waals surface area contributed by atoms with E-state index in [1.807, 2.05) is 0 Å². The van der Waals surface area contributed by atoms with E-state index in [4.69, 9.17) is 29.8 Å². The molecule has 10 nitrogen and oxygen atoms in total. The first-order chi connectivity index (χ1) is 11.7. The minimum Gasteiger partial charge on any atom is -0.480 e. The first-order valence-corrected chi connectivity index (χ1v) is 7.74. The first kappa shape index (κ1) is 22.7. The lowest BCUT2D eigenvalue weighted by atomic mass is 10.6. The summed E-state index contributed by atoms with van der Waals surface area (Å²) in [5.41, 5.74) is 5.27. The quantitative estimate of drug-likeness (QED) is 0.245. The SMILES string of the molecule is NCCOCCOCCOCCOCCNC(=O)COCC(=O)O. The maximum absolute atomic E-state index is 11.2. The molecule has 4 N–H and O–H groups in total. The molecule has 0 atom stereocenters. The molecule has 0 aromatic carbocycles. The molecule has 0 bridgehead atoms. The third-order valence-corrected chi connectivity index (χ3v) is 2.41. The van der Waals surface area contributed by atoms with Gasteiger partial charge in [0.05, 0.1) is 52.9 Å². The molecule has 0 saturated heterocycles. The molecule has 0 unspecified atom stereocenters. The smallest absolute Gasteiger partial charge is 0.329 e. The summed E-state index contributed by atoms with van der Waals surface area (Å²) in [6.45, 7) is 3.74. The van der Waals surface area contributed by atoms with Crippen molar-refractivity contribution in [1.82, 2.24) is 5.32 Å². The number of hydrogen-bond donors (Lipinski definition) is 3. The number of amides is 1. The van der Waals surface area contributed by atoms with E-state index >= 15 is 0 Å². The summed E-state index contributed by atoms with van der Waals surface area (Å²) in [5, 5.41) is 10.9. The van der Waals surface area contributed by atoms with Gasteiger partial charge in [0.15, 0.2) is 0 Å². The second kappa shape index (κ2) is 18.0. The van der Waals surface area contributed by atoms with Gasteiger partial charge in [-0.15, -0.1) is 0 Å². The van der Waals surface area contributed by atoms with E-state index in [1.165, 1.54) is 0 Å². The zero-order chi connectivity index (χ0) is 17.9. The van der Waals surface area contributed by atoms with Gasteiger partial charge in [-0.3, -0.25) is 4.79 Å². The van der Waals surface area contributed by atoms with Crippen LogP contribution >= 0.6 is 0 Å². The number of carboxylic acids is 1. The summed E-state index contributed by atoms with van der Waals surface area (Å²) in [5.74, 6) is -1.50. The number of carbonyl (C=O) groups is 2. The van der Waals surface area contributed by atoms with Crippen molar-refractivity contribution in [3.05, 3.63) is 0 Å². The van der Waals surface area contributed by atoms with E-state index in [9.17, 15) is 9.59 Å². The van der Waals surface area contributed by atoms with Gasteiger partial charge < -0.3 is 39.8 Å². The molecule has 0 aromatic rings. The number of nitrogens with two attached hydrogens (primary N) is 1. The third kappa shape index (κ3) is 18.7. The zero-order valence-electron chi connectivity index (χ0n) is 13.9. The number of carbonyl (C=O) groups excluding carboxylic acids is 1. The monoisotopic (exact) mass is 352 g/mol. The van der Waals surface area contributed by atoms with Crippen LogP contribution in [-0.2, 0) is 33.3 Å². The Hall–Kier alpha value is -1.30. The second-order valence-corrected chi connectivity index (χ2v) is 4.47. The molecule has 24 heavy (non-hydrogen) atoms. The standard InChI is InChI=1S/C14H28N2O8/c15-1-3-20-5-7-22-9-10-23-8-6-21-4-2-16-13(17)11-24-12-14(18)19/h1-12,15H2,(H,16,17)(H,18,19). The van der Waals surface area contributed by atoms with Gasteiger partial charge in [0.1, 0.15) is 13.2 Å². The van der Waals surface area contributed by atoms with Gasteiger partial charge in [-0.25, -0.2) is 4.79 Å². The molecule has 0 rings (SSSR count). The summed E-state index contributed by atoms with van der Waals surface area (Å²) in [4.78, 5) is 21.4. The molecular formula is C14H28N2O8. The molecule has 0 spiro atoms. The topological polar surface area (TPSA) is 139 Å². The van der Waals surface area contributed by atoms with E-state index in [-0.39, 0.29) is 12.5 Å². The van der Waals surface area contributed by atoms with Crippen molar-refractivity contribution < 1.29 is 38.4 Å². The van der Waals surface area contributed by atoms with Gasteiger partial charge in [-0.1, -0.05) is 0 Å². The van der Waals surface area contributed by atoms with Gasteiger partial charge in [-0.05, 0) is 0 Å². The molecule has 10 heteroatoms. The third-order valence-electron chi connectivity index (χ3n) is 2.41. The van der Waals surface area contributed by atoms with Crippen molar-refractivity contribution >= 4 is 11.9 Å². The minimum atomic E-state index is -1.11. The van der Waals surface area contributed by atoms with Crippen molar-refractivity contribution in [2.24, 2.45) is 5.73 Å². The van der Waals surface area contributed by atoms with Crippen LogP contribution in [0.5, 0.6) is 0 Å². The Balaban J connectivity index is 3.12. The minimum absolute atomic E-state index is 0.285. The highest BCUT2D eigenvalue weighted by atomic mass is 16.6. The Labute approximate surface area is 141 Å². The van der Waals surface area contributed by atoms with Crippen LogP contribution < -0.4 is 11.1 Å². The average Bonchev–Trinajstić information content (AvgIpc) is 2.55. The van der Waals surface area contributed by atoms with Crippen molar-refractivity contribution in [2.45, 2.75) is 0 Å². The highest BCUT2D eigenvalue weighted by Gasteiger charge is 2.02. The van der Waals surface area contributed by atoms with Crippen molar-refractivity contribution in [1.29, 1.82) is 0 Å². The Kier molecular flexibility index (Phi) is 17.1. The van der Waals surface area contributed by atoms with Gasteiger partial charge in [-0.2, -0.15) is 0 Å². The maximum Gasteiger partial charge on any atom is 0.329 e. The van der Waals surface area contributed by atoms with Gasteiger partial charge in [0, 0.05) is 13.1 Å². The molecule has 0 radical (unpaired) electrons. The van der Waals surface area contributed by atoms with E-state index in [0.29, 0.717) is 65.9 Å². The second-order valence-electron chi connectivity index (χ2n) is 4.47. The van der Waals surface area contributed by atoms with Crippen LogP contribution in [-0.4, -0.2) is 96.1 Å². The lowest BCUT2D eigenvalue weighted by Gasteiger charge is -2.08. The van der Waals surface area contributed by atoms with Crippen LogP contribution in [0, 0.1) is 0 Å². The molecule has 0 aromatic heterocycles. The maximum atomic E-state index is 11.2. The zero-order valence-corrected chi connectivity index (χ0v) is 13.9. The highest BCUT2D eigenvalue weighted by molar-refractivity contribution is 5.77. The molecule has 1 amide bonds. The highest BCUT2D eigenvalue weighted by Crippen LogP contribution is 1.83. The van der Waals surface area contributed by atoms with Crippen LogP contribution in [0.15, 0.2) is 0 Å². The number of hydrogen-bond acceptors (Lipinski definition) is 8. The van der Waals surface area contributed by atoms with Crippen LogP contribution in [0.2, 0.25) is 0 Å². The predicted molar refractivity (Wildman–Crippen MR) is 83.8 cm³/mol. The Bertz CT molecular complexity index is 317. The van der Waals surface area contributed by atoms with Crippen molar-refractivity contribution in [3.63, 3.8) is 0 Å². The Morgan fingerprint density at radius 3 is 1.75 bits per heavy atom. The fourth-order valence-corrected chi connectivity index (χ4v) is 1.39. The Morgan fingerprint density at radius 2 is 1.25 bits per heavy atom. The number of rotatable bonds is 18. The number of nitrogens with one attached hydrogen (secondary N) is 1. The summed E-state index contributed by atoms with van der Waals surface area (Å²) in [6, 6.07) is 0. The van der Waals surface area contributed by atoms with Crippen LogP contribution in [0.3, 0.4) is 0 Å². The molecule has 0 aliphatic heterocycles. The largest absolute Gasteiger partial charge is 0.480 e. The van der Waals surface area contributed by atoms with Gasteiger partial charge in [0.2, 0.25) is 5.91 Å². The first-order valence-electron chi connectivity index (χ1n) is 7.74. The summed E-state index contributed by atoms with van der Waals surface area (Å²) < 4.78 is 25.6. The average molecular weight is 352 g/mol. The lowest BCUT2D eigenvalue weighted by molar-refractivity contribution is -0.143. The number of carboxylic acid groups (broad SMARTS) is 1. The summed E-state index contributed by atoms with van der Waals surface area (Å²) in [6.07, 6.45) is 0. The van der Waals surface area contributed by atoms with Crippen LogP contribution in [0.4, 0.5) is 0 Å². The van der Waals surface area contributed by atoms with E-state index in [2.05, 4.69) is 10.1 Å². The van der Waals surface area contributed by atoms with E-state index < -0.39 is 12.6 Å². The summed E-state index contributed by atoms with van der Waals surface area (Å²) in [7, 11) is 0. The molecule has 0 heterocycles. The van der Waals surface area contributed by atoms with Crippen LogP contribution in [0.1, 0.15) is 0 Å². The molecule has 0 aliphatic carbocycles. The van der Waals surface area contributed by atoms with Crippen LogP contribution in [0.25, 0.3) is 0 Å². The Morgan fingerprint density at radius 1 is 0.750 bits per heavy atom. The lowest BCUT2D eigenvalue weighted by Crippen LogP contribution is -2.31. The molecule has 0 aliphatic rings. The predicted octanol–water partition coefficient (Wildman–Crippen LogP) is -1.77. The summed E-state index contributed by atoms with van der Waals surface area (Å²) >= 11 is 0. The molecule has 0 saturated carbocycles. The van der Waals surface area contributed by atoms with E-state index in [1.54, 1.807) is 0 Å². The fraction of sp³-hybridized carbons (Fsp3) is 0.857. The number of aliphatic carboxylic acids is 1. The van der Waals surface area contributed by atoms with Crippen molar-refractivity contribution in [3.8, 4) is 0 Å². The van der Waals surface area contributed by atoms with Gasteiger partial charge >= 0.3 is 5.97 Å². The molecular weight excluding hydrogens is 324 g/mol. The van der Waals surface area contributed by atoms with Crippen molar-refractivity contribution in [2.75, 3.05) is 79.2 Å². The molecule has 0 fully saturated rings. The van der Waals surface area contributed by atoms with E-state index in [0.717, 1.165) is 0 Å².